The molecule has 0 aliphatic rings. The molecule has 98 valence electrons. The Morgan fingerprint density at radius 1 is 0.895 bits per heavy atom. The summed E-state index contributed by atoms with van der Waals surface area (Å²) < 4.78 is 42.8. The van der Waals surface area contributed by atoms with Crippen molar-refractivity contribution in [2.24, 2.45) is 0 Å². The van der Waals surface area contributed by atoms with Crippen LogP contribution in [0.3, 0.4) is 0 Å². The van der Waals surface area contributed by atoms with Crippen molar-refractivity contribution in [3.63, 3.8) is 0 Å². The van der Waals surface area contributed by atoms with Gasteiger partial charge in [-0.2, -0.15) is 0 Å². The van der Waals surface area contributed by atoms with Crippen LogP contribution in [0.15, 0.2) is 12.2 Å². The predicted molar refractivity (Wildman–Crippen MR) is 54.3 cm³/mol. The number of hydrogen-bond acceptors (Lipinski definition) is 1. The molecule has 0 rings (SSSR count). The Morgan fingerprint density at radius 3 is 1.32 bits per heavy atom. The summed E-state index contributed by atoms with van der Waals surface area (Å²) in [6.07, 6.45) is 0. The molecule has 0 saturated carbocycles. The molecule has 0 aliphatic carbocycles. The molecule has 0 bridgehead atoms. The van der Waals surface area contributed by atoms with Gasteiger partial charge in [-0.3, -0.25) is 0 Å². The third-order valence-electron chi connectivity index (χ3n) is 0.563. The summed E-state index contributed by atoms with van der Waals surface area (Å²) >= 11 is 2.66. The first kappa shape index (κ1) is 36.0. The van der Waals surface area contributed by atoms with Crippen LogP contribution in [-0.2, 0) is 43.8 Å². The van der Waals surface area contributed by atoms with Gasteiger partial charge in [0, 0.05) is 0 Å². The van der Waals surface area contributed by atoms with Crippen molar-refractivity contribution in [3.05, 3.63) is 45.4 Å². The monoisotopic (exact) mass is 300 g/mol. The molecule has 0 saturated heterocycles. The maximum absolute atomic E-state index is 7.50. The molecule has 0 unspecified atom stereocenters. The number of rotatable bonds is 1. The molecular formula is C12H8CrO6. The normalized spacial score (nSPS) is 4.00. The summed E-state index contributed by atoms with van der Waals surface area (Å²) in [4.78, 5) is 0. The molecule has 0 amide bonds. The average Bonchev–Trinajstić information content (AvgIpc) is 2.54. The minimum atomic E-state index is 0.595. The zero-order valence-corrected chi connectivity index (χ0v) is 11.3. The van der Waals surface area contributed by atoms with Crippen molar-refractivity contribution in [2.45, 2.75) is 6.92 Å². The number of hydrogen-bond donors (Lipinski definition) is 0. The summed E-state index contributed by atoms with van der Waals surface area (Å²) in [6, 6.07) is 0. The molecule has 0 radical (unpaired) electrons. The molecule has 19 heavy (non-hydrogen) atoms. The molecule has 0 aromatic rings. The van der Waals surface area contributed by atoms with E-state index in [9.17, 15) is 0 Å². The van der Waals surface area contributed by atoms with E-state index in [-0.39, 0.29) is 0 Å². The van der Waals surface area contributed by atoms with Crippen LogP contribution in [0.5, 0.6) is 0 Å². The first-order chi connectivity index (χ1) is 9.16. The van der Waals surface area contributed by atoms with Gasteiger partial charge < -0.3 is 0 Å². The second-order valence-electron chi connectivity index (χ2n) is 1.52. The van der Waals surface area contributed by atoms with Crippen LogP contribution in [0.25, 0.3) is 0 Å². The van der Waals surface area contributed by atoms with Gasteiger partial charge in [-0.15, -0.1) is 0 Å². The van der Waals surface area contributed by atoms with Crippen molar-refractivity contribution in [1.29, 1.82) is 0 Å². The third kappa shape index (κ3) is 117. The standard InChI is InChI=1S/C7H8O.5CO.Cr/c1-7(2)5-4-6-8-3;5*1-2;/h1H2,2-3H3;;;;;;. The van der Waals surface area contributed by atoms with Gasteiger partial charge in [0.15, 0.2) is 0 Å². The van der Waals surface area contributed by atoms with E-state index in [1.807, 2.05) is 6.92 Å². The van der Waals surface area contributed by atoms with Gasteiger partial charge in [-0.25, -0.2) is 0 Å². The van der Waals surface area contributed by atoms with Crippen LogP contribution in [0, 0.1) is 45.1 Å². The second kappa shape index (κ2) is 71.2. The molecule has 7 heteroatoms. The zero-order valence-electron chi connectivity index (χ0n) is 10.1. The Labute approximate surface area is 120 Å². The summed E-state index contributed by atoms with van der Waals surface area (Å²) in [5.74, 6) is 5.48. The summed E-state index contributed by atoms with van der Waals surface area (Å²) in [6.45, 7) is 27.9. The van der Waals surface area contributed by atoms with E-state index >= 15 is 0 Å². The number of allylic oxidation sites excluding steroid dienone is 1. The van der Waals surface area contributed by atoms with Crippen LogP contribution in [-0.4, -0.2) is 11.7 Å². The van der Waals surface area contributed by atoms with E-state index in [1.165, 1.54) is 0 Å². The van der Waals surface area contributed by atoms with Crippen molar-refractivity contribution in [2.75, 3.05) is 7.11 Å². The van der Waals surface area contributed by atoms with Gasteiger partial charge in [-0.1, -0.05) is 0 Å². The Hall–Kier alpha value is -1.64. The summed E-state index contributed by atoms with van der Waals surface area (Å²) in [7, 11) is 1.57. The molecule has 0 aromatic carbocycles. The van der Waals surface area contributed by atoms with Gasteiger partial charge in [0.25, 0.3) is 0 Å². The topological polar surface area (TPSA) is 109 Å². The van der Waals surface area contributed by atoms with E-state index in [0.29, 0.717) is 4.57 Å². The molecule has 0 aliphatic heterocycles. The fourth-order valence-electron chi connectivity index (χ4n) is 0.209. The quantitative estimate of drug-likeness (QED) is 0.396. The maximum atomic E-state index is 7.50. The molecule has 6 nitrogen and oxygen atoms in total. The van der Waals surface area contributed by atoms with E-state index in [0.717, 1.165) is 5.57 Å². The first-order valence-electron chi connectivity index (χ1n) is 3.44. The Balaban J connectivity index is -0.0000000356. The van der Waals surface area contributed by atoms with Crippen LogP contribution in [0.2, 0.25) is 0 Å². The Bertz CT molecular complexity index is 327. The van der Waals surface area contributed by atoms with Crippen molar-refractivity contribution in [1.82, 2.24) is 0 Å². The fraction of sp³-hybridized carbons (Fsp3) is 0.167. The molecule has 0 aromatic heterocycles. The van der Waals surface area contributed by atoms with Gasteiger partial charge in [0.1, 0.15) is 0 Å². The van der Waals surface area contributed by atoms with Crippen molar-refractivity contribution < 1.29 is 43.8 Å². The third-order valence-corrected chi connectivity index (χ3v) is 0.983. The fourth-order valence-corrected chi connectivity index (χ4v) is 0.288. The van der Waals surface area contributed by atoms with Crippen LogP contribution >= 0.6 is 0 Å². The molecule has 0 heterocycles. The van der Waals surface area contributed by atoms with Crippen LogP contribution < -0.4 is 0 Å². The zero-order chi connectivity index (χ0) is 17.3. The van der Waals surface area contributed by atoms with Gasteiger partial charge in [0.2, 0.25) is 0 Å². The molecule has 0 fully saturated rings. The van der Waals surface area contributed by atoms with E-state index < -0.39 is 0 Å². The van der Waals surface area contributed by atoms with E-state index in [1.54, 1.807) is 7.11 Å². The van der Waals surface area contributed by atoms with Gasteiger partial charge in [-0.05, 0) is 0 Å². The Morgan fingerprint density at radius 2 is 1.16 bits per heavy atom. The number of ether oxygens (including phenoxy) is 1. The molecule has 0 N–H and O–H groups in total. The first-order valence-corrected chi connectivity index (χ1v) is 4.08. The minimum absolute atomic E-state index is 0.595. The SMILES string of the molecule is C=C(C)C#C[C](=[Cr])OC.[C-]#[O+].[C-]#[O+].[C-]#[O+].[C-]#[O+].[C-]#[O+]. The summed E-state index contributed by atoms with van der Waals surface area (Å²) in [5.41, 5.74) is 0.833. The van der Waals surface area contributed by atoms with Gasteiger partial charge >= 0.3 is 120 Å². The number of methoxy groups -OCH3 is 1. The van der Waals surface area contributed by atoms with Crippen LogP contribution in [0.1, 0.15) is 6.92 Å². The summed E-state index contributed by atoms with van der Waals surface area (Å²) in [5, 5.41) is 0. The molecular weight excluding hydrogens is 292 g/mol. The van der Waals surface area contributed by atoms with Crippen molar-refractivity contribution in [3.8, 4) is 11.8 Å². The van der Waals surface area contributed by atoms with Gasteiger partial charge in [0.05, 0.1) is 0 Å². The molecule has 0 atom stereocenters. The van der Waals surface area contributed by atoms with E-state index in [4.69, 9.17) is 28.0 Å². The Kier molecular flexibility index (Phi) is 135. The predicted octanol–water partition coefficient (Wildman–Crippen LogP) is 0.701. The second-order valence-corrected chi connectivity index (χ2v) is 2.10. The van der Waals surface area contributed by atoms with E-state index in [2.05, 4.69) is 67.5 Å². The average molecular weight is 300 g/mol. The van der Waals surface area contributed by atoms with Crippen LogP contribution in [0.4, 0.5) is 0 Å². The molecule has 0 spiro atoms. The van der Waals surface area contributed by atoms with Crippen molar-refractivity contribution >= 4 is 4.57 Å².